The summed E-state index contributed by atoms with van der Waals surface area (Å²) in [6.45, 7) is 3.09. The Labute approximate surface area is 110 Å². The normalized spacial score (nSPS) is 18.1. The molecule has 0 fully saturated rings. The smallest absolute Gasteiger partial charge is 0.164 e. The van der Waals surface area contributed by atoms with Gasteiger partial charge in [0.1, 0.15) is 5.82 Å². The zero-order valence-electron chi connectivity index (χ0n) is 10.00. The maximum absolute atomic E-state index is 8.94. The van der Waals surface area contributed by atoms with Gasteiger partial charge in [-0.05, 0) is 19.1 Å². The highest BCUT2D eigenvalue weighted by Gasteiger charge is 2.22. The highest BCUT2D eigenvalue weighted by Crippen LogP contribution is 2.34. The van der Waals surface area contributed by atoms with Crippen LogP contribution in [-0.4, -0.2) is 20.5 Å². The standard InChI is InChI=1S/C13H12N4S/c1-9-12-15-16-13(17(12)5-6-18-9)11-4-2-3-10(7-11)8-14/h2-4,7,9H,5-6H2,1H3. The fourth-order valence-electron chi connectivity index (χ4n) is 2.17. The van der Waals surface area contributed by atoms with E-state index in [-0.39, 0.29) is 0 Å². The molecule has 1 aliphatic rings. The van der Waals surface area contributed by atoms with E-state index in [0.717, 1.165) is 29.5 Å². The minimum absolute atomic E-state index is 0.388. The van der Waals surface area contributed by atoms with Gasteiger partial charge in [-0.1, -0.05) is 12.1 Å². The van der Waals surface area contributed by atoms with Gasteiger partial charge in [-0.2, -0.15) is 5.26 Å². The van der Waals surface area contributed by atoms with Gasteiger partial charge in [0.05, 0.1) is 16.9 Å². The molecule has 0 saturated heterocycles. The fourth-order valence-corrected chi connectivity index (χ4v) is 3.14. The molecule has 0 N–H and O–H groups in total. The van der Waals surface area contributed by atoms with E-state index in [1.54, 1.807) is 6.07 Å². The molecular formula is C13H12N4S. The van der Waals surface area contributed by atoms with Crippen molar-refractivity contribution < 1.29 is 0 Å². The van der Waals surface area contributed by atoms with Crippen molar-refractivity contribution in [3.63, 3.8) is 0 Å². The van der Waals surface area contributed by atoms with Crippen molar-refractivity contribution in [1.29, 1.82) is 5.26 Å². The van der Waals surface area contributed by atoms with E-state index < -0.39 is 0 Å². The van der Waals surface area contributed by atoms with Crippen LogP contribution in [0.4, 0.5) is 0 Å². The maximum Gasteiger partial charge on any atom is 0.164 e. The number of nitrogens with zero attached hydrogens (tertiary/aromatic N) is 4. The minimum atomic E-state index is 0.388. The summed E-state index contributed by atoms with van der Waals surface area (Å²) in [6, 6.07) is 9.68. The quantitative estimate of drug-likeness (QED) is 0.787. The average molecular weight is 256 g/mol. The van der Waals surface area contributed by atoms with Gasteiger partial charge in [-0.15, -0.1) is 22.0 Å². The van der Waals surface area contributed by atoms with Crippen LogP contribution in [0.2, 0.25) is 0 Å². The Bertz CT molecular complexity index is 626. The van der Waals surface area contributed by atoms with E-state index in [1.807, 2.05) is 30.0 Å². The van der Waals surface area contributed by atoms with E-state index in [0.29, 0.717) is 10.8 Å². The molecule has 4 nitrogen and oxygen atoms in total. The van der Waals surface area contributed by atoms with Gasteiger partial charge in [-0.25, -0.2) is 0 Å². The topological polar surface area (TPSA) is 54.5 Å². The summed E-state index contributed by atoms with van der Waals surface area (Å²) in [5, 5.41) is 17.9. The first-order valence-electron chi connectivity index (χ1n) is 5.85. The number of hydrogen-bond acceptors (Lipinski definition) is 4. The van der Waals surface area contributed by atoms with Gasteiger partial charge in [0.25, 0.3) is 0 Å². The molecule has 2 aromatic rings. The zero-order chi connectivity index (χ0) is 12.5. The van der Waals surface area contributed by atoms with Gasteiger partial charge in [0, 0.05) is 17.9 Å². The van der Waals surface area contributed by atoms with Crippen molar-refractivity contribution in [2.24, 2.45) is 0 Å². The van der Waals surface area contributed by atoms with Gasteiger partial charge in [-0.3, -0.25) is 0 Å². The Kier molecular flexibility index (Phi) is 2.80. The highest BCUT2D eigenvalue weighted by atomic mass is 32.2. The Balaban J connectivity index is 2.10. The van der Waals surface area contributed by atoms with Gasteiger partial charge < -0.3 is 4.57 Å². The largest absolute Gasteiger partial charge is 0.309 e. The number of fused-ring (bicyclic) bond motifs is 1. The molecule has 1 aliphatic heterocycles. The SMILES string of the molecule is CC1SCCn2c(-c3cccc(C#N)c3)nnc21. The first kappa shape index (κ1) is 11.3. The summed E-state index contributed by atoms with van der Waals surface area (Å²) in [5.41, 5.74) is 1.62. The van der Waals surface area contributed by atoms with Crippen LogP contribution in [0.3, 0.4) is 0 Å². The zero-order valence-corrected chi connectivity index (χ0v) is 10.8. The molecule has 0 bridgehead atoms. The number of thioether (sulfide) groups is 1. The lowest BCUT2D eigenvalue weighted by Crippen LogP contribution is -2.14. The van der Waals surface area contributed by atoms with Crippen molar-refractivity contribution in [2.45, 2.75) is 18.7 Å². The third-order valence-electron chi connectivity index (χ3n) is 3.08. The first-order valence-corrected chi connectivity index (χ1v) is 6.89. The first-order chi connectivity index (χ1) is 8.79. The van der Waals surface area contributed by atoms with Crippen LogP contribution < -0.4 is 0 Å². The lowest BCUT2D eigenvalue weighted by Gasteiger charge is -2.20. The molecule has 1 atom stereocenters. The second-order valence-electron chi connectivity index (χ2n) is 4.24. The predicted octanol–water partition coefficient (Wildman–Crippen LogP) is 2.62. The van der Waals surface area contributed by atoms with Gasteiger partial charge in [0.2, 0.25) is 0 Å². The molecule has 1 aromatic heterocycles. The van der Waals surface area contributed by atoms with Gasteiger partial charge in [0.15, 0.2) is 5.82 Å². The van der Waals surface area contributed by atoms with Crippen LogP contribution >= 0.6 is 11.8 Å². The number of nitriles is 1. The average Bonchev–Trinajstić information content (AvgIpc) is 2.84. The lowest BCUT2D eigenvalue weighted by molar-refractivity contribution is 0.691. The molecule has 0 radical (unpaired) electrons. The molecule has 18 heavy (non-hydrogen) atoms. The second-order valence-corrected chi connectivity index (χ2v) is 5.69. The van der Waals surface area contributed by atoms with Crippen LogP contribution in [0, 0.1) is 11.3 Å². The Morgan fingerprint density at radius 1 is 1.44 bits per heavy atom. The molecule has 0 aliphatic carbocycles. The Morgan fingerprint density at radius 2 is 2.33 bits per heavy atom. The molecule has 1 aromatic carbocycles. The third-order valence-corrected chi connectivity index (χ3v) is 4.20. The fraction of sp³-hybridized carbons (Fsp3) is 0.308. The lowest BCUT2D eigenvalue weighted by atomic mass is 10.1. The summed E-state index contributed by atoms with van der Waals surface area (Å²) < 4.78 is 2.16. The second kappa shape index (κ2) is 4.46. The third kappa shape index (κ3) is 1.79. The summed E-state index contributed by atoms with van der Waals surface area (Å²) >= 11 is 1.90. The number of hydrogen-bond donors (Lipinski definition) is 0. The molecule has 1 unspecified atom stereocenters. The monoisotopic (exact) mass is 256 g/mol. The van der Waals surface area contributed by atoms with Crippen molar-refractivity contribution in [3.05, 3.63) is 35.7 Å². The maximum atomic E-state index is 8.94. The molecule has 5 heteroatoms. The van der Waals surface area contributed by atoms with E-state index in [2.05, 4.69) is 27.8 Å². The summed E-state index contributed by atoms with van der Waals surface area (Å²) in [6.07, 6.45) is 0. The number of aromatic nitrogens is 3. The van der Waals surface area contributed by atoms with Crippen LogP contribution in [0.1, 0.15) is 23.6 Å². The Hall–Kier alpha value is -1.80. The molecule has 90 valence electrons. The summed E-state index contributed by atoms with van der Waals surface area (Å²) in [5.74, 6) is 2.98. The highest BCUT2D eigenvalue weighted by molar-refractivity contribution is 7.99. The van der Waals surface area contributed by atoms with Crippen molar-refractivity contribution in [3.8, 4) is 17.5 Å². The van der Waals surface area contributed by atoms with Crippen LogP contribution in [-0.2, 0) is 6.54 Å². The van der Waals surface area contributed by atoms with Crippen molar-refractivity contribution >= 4 is 11.8 Å². The number of rotatable bonds is 1. The van der Waals surface area contributed by atoms with Crippen LogP contribution in [0.15, 0.2) is 24.3 Å². The summed E-state index contributed by atoms with van der Waals surface area (Å²) in [4.78, 5) is 0. The van der Waals surface area contributed by atoms with Crippen molar-refractivity contribution in [2.75, 3.05) is 5.75 Å². The molecule has 0 saturated carbocycles. The van der Waals surface area contributed by atoms with Crippen LogP contribution in [0.5, 0.6) is 0 Å². The molecule has 0 amide bonds. The molecule has 0 spiro atoms. The van der Waals surface area contributed by atoms with Crippen LogP contribution in [0.25, 0.3) is 11.4 Å². The molecular weight excluding hydrogens is 244 g/mol. The van der Waals surface area contributed by atoms with E-state index in [9.17, 15) is 0 Å². The van der Waals surface area contributed by atoms with E-state index in [1.165, 1.54) is 0 Å². The predicted molar refractivity (Wildman–Crippen MR) is 71.0 cm³/mol. The number of benzene rings is 1. The molecule has 3 rings (SSSR count). The molecule has 2 heterocycles. The minimum Gasteiger partial charge on any atom is -0.309 e. The van der Waals surface area contributed by atoms with E-state index >= 15 is 0 Å². The van der Waals surface area contributed by atoms with Crippen molar-refractivity contribution in [1.82, 2.24) is 14.8 Å². The summed E-state index contributed by atoms with van der Waals surface area (Å²) in [7, 11) is 0. The van der Waals surface area contributed by atoms with E-state index in [4.69, 9.17) is 5.26 Å². The van der Waals surface area contributed by atoms with Gasteiger partial charge >= 0.3 is 0 Å². The Morgan fingerprint density at radius 3 is 3.17 bits per heavy atom.